The summed E-state index contributed by atoms with van der Waals surface area (Å²) < 4.78 is 11.1. The summed E-state index contributed by atoms with van der Waals surface area (Å²) in [5.74, 6) is 1.71. The second-order valence-electron chi connectivity index (χ2n) is 6.97. The number of hydrogen-bond acceptors (Lipinski definition) is 3. The van der Waals surface area contributed by atoms with E-state index in [1.807, 2.05) is 13.8 Å². The summed E-state index contributed by atoms with van der Waals surface area (Å²) in [5, 5.41) is 2.84. The van der Waals surface area contributed by atoms with Crippen molar-refractivity contribution >= 4 is 6.09 Å². The maximum atomic E-state index is 11.9. The highest BCUT2D eigenvalue weighted by atomic mass is 16.6. The van der Waals surface area contributed by atoms with Crippen LogP contribution >= 0.6 is 0 Å². The van der Waals surface area contributed by atoms with E-state index in [-0.39, 0.29) is 18.3 Å². The summed E-state index contributed by atoms with van der Waals surface area (Å²) in [6.45, 7) is 12.0. The highest BCUT2D eigenvalue weighted by Crippen LogP contribution is 2.35. The van der Waals surface area contributed by atoms with Crippen LogP contribution in [-0.2, 0) is 9.47 Å². The smallest absolute Gasteiger partial charge is 0.407 e. The minimum atomic E-state index is -0.274. The number of hydrogen-bond donors (Lipinski definition) is 1. The number of amides is 1. The topological polar surface area (TPSA) is 47.6 Å². The molecule has 4 nitrogen and oxygen atoms in total. The van der Waals surface area contributed by atoms with Crippen molar-refractivity contribution in [2.45, 2.75) is 72.5 Å². The van der Waals surface area contributed by atoms with Crippen molar-refractivity contribution in [1.29, 1.82) is 0 Å². The fourth-order valence-electron chi connectivity index (χ4n) is 3.01. The quantitative estimate of drug-likeness (QED) is 0.723. The van der Waals surface area contributed by atoms with Crippen LogP contribution in [0.25, 0.3) is 0 Å². The molecule has 3 unspecified atom stereocenters. The number of ether oxygens (including phenoxy) is 2. The van der Waals surface area contributed by atoms with Crippen LogP contribution in [0.2, 0.25) is 0 Å². The molecular weight excluding hydrogens is 266 g/mol. The van der Waals surface area contributed by atoms with Crippen molar-refractivity contribution in [2.24, 2.45) is 17.8 Å². The zero-order chi connectivity index (χ0) is 15.8. The number of rotatable bonds is 7. The Hall–Kier alpha value is -0.770. The van der Waals surface area contributed by atoms with Crippen LogP contribution in [0.1, 0.15) is 60.3 Å². The molecule has 0 aromatic carbocycles. The zero-order valence-corrected chi connectivity index (χ0v) is 14.4. The third kappa shape index (κ3) is 7.16. The molecular formula is C17H33NO3. The van der Waals surface area contributed by atoms with E-state index in [4.69, 9.17) is 9.47 Å². The Kier molecular flexibility index (Phi) is 8.09. The van der Waals surface area contributed by atoms with Crippen molar-refractivity contribution in [1.82, 2.24) is 5.32 Å². The molecule has 1 aliphatic carbocycles. The Morgan fingerprint density at radius 3 is 2.57 bits per heavy atom. The summed E-state index contributed by atoms with van der Waals surface area (Å²) in [5.41, 5.74) is 0. The van der Waals surface area contributed by atoms with Gasteiger partial charge in [0.05, 0.1) is 6.10 Å². The van der Waals surface area contributed by atoms with Gasteiger partial charge in [-0.25, -0.2) is 4.79 Å². The van der Waals surface area contributed by atoms with E-state index in [0.29, 0.717) is 30.9 Å². The van der Waals surface area contributed by atoms with Gasteiger partial charge in [0.2, 0.25) is 0 Å². The Morgan fingerprint density at radius 1 is 1.24 bits per heavy atom. The van der Waals surface area contributed by atoms with E-state index < -0.39 is 0 Å². The Morgan fingerprint density at radius 2 is 1.95 bits per heavy atom. The second-order valence-corrected chi connectivity index (χ2v) is 6.97. The van der Waals surface area contributed by atoms with Crippen LogP contribution in [0.3, 0.4) is 0 Å². The van der Waals surface area contributed by atoms with Gasteiger partial charge in [0.1, 0.15) is 6.10 Å². The van der Waals surface area contributed by atoms with Crippen LogP contribution < -0.4 is 5.32 Å². The van der Waals surface area contributed by atoms with Gasteiger partial charge in [-0.1, -0.05) is 27.2 Å². The van der Waals surface area contributed by atoms with Gasteiger partial charge < -0.3 is 14.8 Å². The third-order valence-electron chi connectivity index (χ3n) is 4.26. The highest BCUT2D eigenvalue weighted by Gasteiger charge is 2.33. The first-order chi connectivity index (χ1) is 9.90. The number of carbonyl (C=O) groups is 1. The number of alkyl carbamates (subject to hydrolysis) is 1. The average Bonchev–Trinajstić information content (AvgIpc) is 2.37. The van der Waals surface area contributed by atoms with Gasteiger partial charge in [-0.2, -0.15) is 0 Å². The first-order valence-corrected chi connectivity index (χ1v) is 8.46. The third-order valence-corrected chi connectivity index (χ3v) is 4.26. The summed E-state index contributed by atoms with van der Waals surface area (Å²) in [6, 6.07) is 0. The van der Waals surface area contributed by atoms with Crippen LogP contribution in [-0.4, -0.2) is 31.5 Å². The van der Waals surface area contributed by atoms with Crippen molar-refractivity contribution in [3.05, 3.63) is 0 Å². The van der Waals surface area contributed by atoms with Gasteiger partial charge in [0.25, 0.3) is 0 Å². The van der Waals surface area contributed by atoms with Gasteiger partial charge in [0, 0.05) is 13.2 Å². The molecule has 124 valence electrons. The van der Waals surface area contributed by atoms with Gasteiger partial charge in [-0.3, -0.25) is 0 Å². The lowest BCUT2D eigenvalue weighted by molar-refractivity contribution is 0.00585. The predicted octanol–water partition coefficient (Wildman–Crippen LogP) is 3.99. The van der Waals surface area contributed by atoms with Crippen LogP contribution in [0.15, 0.2) is 0 Å². The van der Waals surface area contributed by atoms with E-state index in [0.717, 1.165) is 12.8 Å². The van der Waals surface area contributed by atoms with Gasteiger partial charge in [-0.05, 0) is 50.9 Å². The molecule has 0 aromatic heterocycles. The Balaban J connectivity index is 2.27. The molecule has 1 saturated carbocycles. The molecule has 1 fully saturated rings. The molecule has 0 bridgehead atoms. The standard InChI is InChI=1S/C17H33NO3/c1-12(2)15-8-7-14(5)11-16(15)21-17(19)18-9-6-10-20-13(3)4/h12-16H,6-11H2,1-5H3,(H,18,19). The summed E-state index contributed by atoms with van der Waals surface area (Å²) in [7, 11) is 0. The largest absolute Gasteiger partial charge is 0.446 e. The van der Waals surface area contributed by atoms with E-state index in [9.17, 15) is 4.79 Å². The van der Waals surface area contributed by atoms with Crippen LogP contribution in [0, 0.1) is 17.8 Å². The summed E-state index contributed by atoms with van der Waals surface area (Å²) in [4.78, 5) is 11.9. The molecule has 1 N–H and O–H groups in total. The second kappa shape index (κ2) is 9.29. The summed E-state index contributed by atoms with van der Waals surface area (Å²) >= 11 is 0. The maximum absolute atomic E-state index is 11.9. The van der Waals surface area contributed by atoms with Crippen LogP contribution in [0.4, 0.5) is 4.79 Å². The van der Waals surface area contributed by atoms with E-state index in [2.05, 4.69) is 26.1 Å². The molecule has 4 heteroatoms. The Labute approximate surface area is 130 Å². The molecule has 0 radical (unpaired) electrons. The lowest BCUT2D eigenvalue weighted by Crippen LogP contribution is -2.39. The molecule has 0 spiro atoms. The molecule has 0 heterocycles. The molecule has 0 aliphatic heterocycles. The van der Waals surface area contributed by atoms with Crippen molar-refractivity contribution in [2.75, 3.05) is 13.2 Å². The van der Waals surface area contributed by atoms with Crippen molar-refractivity contribution in [3.63, 3.8) is 0 Å². The molecule has 21 heavy (non-hydrogen) atoms. The van der Waals surface area contributed by atoms with Gasteiger partial charge in [-0.15, -0.1) is 0 Å². The van der Waals surface area contributed by atoms with Crippen molar-refractivity contribution in [3.8, 4) is 0 Å². The zero-order valence-electron chi connectivity index (χ0n) is 14.4. The minimum Gasteiger partial charge on any atom is -0.446 e. The lowest BCUT2D eigenvalue weighted by atomic mass is 9.75. The molecule has 1 rings (SSSR count). The van der Waals surface area contributed by atoms with E-state index in [1.54, 1.807) is 0 Å². The fourth-order valence-corrected chi connectivity index (χ4v) is 3.01. The van der Waals surface area contributed by atoms with Gasteiger partial charge in [0.15, 0.2) is 0 Å². The molecule has 3 atom stereocenters. The summed E-state index contributed by atoms with van der Waals surface area (Å²) in [6.07, 6.45) is 4.27. The lowest BCUT2D eigenvalue weighted by Gasteiger charge is -2.36. The Bertz CT molecular complexity index is 304. The average molecular weight is 299 g/mol. The van der Waals surface area contributed by atoms with E-state index >= 15 is 0 Å². The maximum Gasteiger partial charge on any atom is 0.407 e. The number of carbonyl (C=O) groups excluding carboxylic acids is 1. The normalized spacial score (nSPS) is 26.1. The first-order valence-electron chi connectivity index (χ1n) is 8.46. The predicted molar refractivity (Wildman–Crippen MR) is 85.3 cm³/mol. The van der Waals surface area contributed by atoms with Gasteiger partial charge >= 0.3 is 6.09 Å². The highest BCUT2D eigenvalue weighted by molar-refractivity contribution is 5.67. The minimum absolute atomic E-state index is 0.0701. The molecule has 1 amide bonds. The van der Waals surface area contributed by atoms with E-state index in [1.165, 1.54) is 12.8 Å². The number of nitrogens with one attached hydrogen (secondary N) is 1. The molecule has 0 aromatic rings. The first kappa shape index (κ1) is 18.3. The molecule has 1 aliphatic rings. The monoisotopic (exact) mass is 299 g/mol. The SMILES string of the molecule is CC1CCC(C(C)C)C(OC(=O)NCCCOC(C)C)C1. The van der Waals surface area contributed by atoms with Crippen molar-refractivity contribution < 1.29 is 14.3 Å². The fraction of sp³-hybridized carbons (Fsp3) is 0.941. The van der Waals surface area contributed by atoms with Crippen LogP contribution in [0.5, 0.6) is 0 Å². The molecule has 0 saturated heterocycles.